The van der Waals surface area contributed by atoms with Crippen LogP contribution in [0.2, 0.25) is 0 Å². The fourth-order valence-electron chi connectivity index (χ4n) is 3.83. The third kappa shape index (κ3) is 6.27. The molecule has 1 aromatic heterocycles. The van der Waals surface area contributed by atoms with Crippen LogP contribution >= 0.6 is 0 Å². The molecule has 0 bridgehead atoms. The average Bonchev–Trinajstić information content (AvgIpc) is 3.34. The molecule has 7 nitrogen and oxygen atoms in total. The normalized spacial score (nSPS) is 14.7. The Hall–Kier alpha value is -3.49. The Kier molecular flexibility index (Phi) is 7.49. The SMILES string of the molecule is O=C(CN1CCN(Cc2ccccc2F)CC1)Nc1ccccc1C(=O)NCc1ccco1. The van der Waals surface area contributed by atoms with E-state index in [-0.39, 0.29) is 30.7 Å². The Morgan fingerprint density at radius 3 is 2.39 bits per heavy atom. The highest BCUT2D eigenvalue weighted by Gasteiger charge is 2.21. The first-order chi connectivity index (χ1) is 16.1. The predicted molar refractivity (Wildman–Crippen MR) is 123 cm³/mol. The number of nitrogens with zero attached hydrogens (tertiary/aromatic N) is 2. The number of carbonyl (C=O) groups excluding carboxylic acids is 2. The molecule has 1 aliphatic heterocycles. The van der Waals surface area contributed by atoms with E-state index in [0.29, 0.717) is 42.2 Å². The molecule has 0 saturated carbocycles. The summed E-state index contributed by atoms with van der Waals surface area (Å²) in [5, 5.41) is 5.66. The third-order valence-corrected chi connectivity index (χ3v) is 5.63. The molecular weight excluding hydrogens is 423 g/mol. The molecule has 0 unspecified atom stereocenters. The molecule has 1 aliphatic rings. The minimum Gasteiger partial charge on any atom is -0.467 e. The fraction of sp³-hybridized carbons (Fsp3) is 0.280. The summed E-state index contributed by atoms with van der Waals surface area (Å²) >= 11 is 0. The summed E-state index contributed by atoms with van der Waals surface area (Å²) in [4.78, 5) is 29.5. The van der Waals surface area contributed by atoms with Crippen molar-refractivity contribution in [2.75, 3.05) is 38.0 Å². The lowest BCUT2D eigenvalue weighted by atomic mass is 10.1. The summed E-state index contributed by atoms with van der Waals surface area (Å²) in [6.45, 7) is 4.01. The van der Waals surface area contributed by atoms with E-state index in [1.54, 1.807) is 54.8 Å². The number of hydrogen-bond donors (Lipinski definition) is 2. The second kappa shape index (κ2) is 10.9. The minimum atomic E-state index is -0.288. The maximum absolute atomic E-state index is 13.9. The molecule has 2 N–H and O–H groups in total. The summed E-state index contributed by atoms with van der Waals surface area (Å²) < 4.78 is 19.1. The van der Waals surface area contributed by atoms with Crippen molar-refractivity contribution in [1.82, 2.24) is 15.1 Å². The molecule has 8 heteroatoms. The predicted octanol–water partition coefficient (Wildman–Crippen LogP) is 3.11. The van der Waals surface area contributed by atoms with Crippen LogP contribution in [0, 0.1) is 5.82 Å². The van der Waals surface area contributed by atoms with Crippen molar-refractivity contribution in [2.24, 2.45) is 0 Å². The van der Waals surface area contributed by atoms with E-state index >= 15 is 0 Å². The largest absolute Gasteiger partial charge is 0.467 e. The van der Waals surface area contributed by atoms with Gasteiger partial charge in [-0.15, -0.1) is 0 Å². The van der Waals surface area contributed by atoms with Crippen LogP contribution in [-0.2, 0) is 17.9 Å². The van der Waals surface area contributed by atoms with Gasteiger partial charge in [-0.1, -0.05) is 30.3 Å². The number of halogens is 1. The van der Waals surface area contributed by atoms with Crippen LogP contribution in [-0.4, -0.2) is 54.3 Å². The lowest BCUT2D eigenvalue weighted by Crippen LogP contribution is -2.48. The number of nitrogens with one attached hydrogen (secondary N) is 2. The highest BCUT2D eigenvalue weighted by atomic mass is 19.1. The van der Waals surface area contributed by atoms with Gasteiger partial charge in [0.1, 0.15) is 11.6 Å². The summed E-state index contributed by atoms with van der Waals surface area (Å²) in [5.41, 5.74) is 1.55. The second-order valence-electron chi connectivity index (χ2n) is 8.00. The molecule has 33 heavy (non-hydrogen) atoms. The summed E-state index contributed by atoms with van der Waals surface area (Å²) in [5.74, 6) is -0.00178. The first-order valence-corrected chi connectivity index (χ1v) is 11.0. The minimum absolute atomic E-state index is 0.177. The van der Waals surface area contributed by atoms with Gasteiger partial charge in [-0.05, 0) is 30.3 Å². The molecule has 1 saturated heterocycles. The van der Waals surface area contributed by atoms with Crippen LogP contribution in [0.1, 0.15) is 21.7 Å². The zero-order valence-corrected chi connectivity index (χ0v) is 18.3. The van der Waals surface area contributed by atoms with Gasteiger partial charge >= 0.3 is 0 Å². The van der Waals surface area contributed by atoms with E-state index < -0.39 is 0 Å². The molecule has 2 aromatic carbocycles. The Bertz CT molecular complexity index is 1080. The van der Waals surface area contributed by atoms with Crippen molar-refractivity contribution < 1.29 is 18.4 Å². The Balaban J connectivity index is 1.26. The van der Waals surface area contributed by atoms with Gasteiger partial charge in [0.05, 0.1) is 30.6 Å². The monoisotopic (exact) mass is 450 g/mol. The first kappa shape index (κ1) is 22.7. The van der Waals surface area contributed by atoms with Gasteiger partial charge in [0.2, 0.25) is 5.91 Å². The van der Waals surface area contributed by atoms with E-state index in [2.05, 4.69) is 20.4 Å². The first-order valence-electron chi connectivity index (χ1n) is 11.0. The summed E-state index contributed by atoms with van der Waals surface area (Å²) in [6.07, 6.45) is 1.55. The number of piperazine rings is 1. The van der Waals surface area contributed by atoms with E-state index in [4.69, 9.17) is 4.42 Å². The van der Waals surface area contributed by atoms with Crippen LogP contribution in [0.15, 0.2) is 71.3 Å². The van der Waals surface area contributed by atoms with Crippen molar-refractivity contribution in [3.05, 3.63) is 89.6 Å². The Morgan fingerprint density at radius 2 is 1.64 bits per heavy atom. The van der Waals surface area contributed by atoms with Gasteiger partial charge in [-0.3, -0.25) is 19.4 Å². The number of carbonyl (C=O) groups is 2. The molecule has 0 aliphatic carbocycles. The van der Waals surface area contributed by atoms with Gasteiger partial charge in [0, 0.05) is 38.3 Å². The highest BCUT2D eigenvalue weighted by molar-refractivity contribution is 6.04. The van der Waals surface area contributed by atoms with E-state index in [9.17, 15) is 14.0 Å². The van der Waals surface area contributed by atoms with Gasteiger partial charge < -0.3 is 15.1 Å². The molecular formula is C25H27FN4O3. The van der Waals surface area contributed by atoms with Crippen molar-refractivity contribution >= 4 is 17.5 Å². The van der Waals surface area contributed by atoms with Gasteiger partial charge in [0.25, 0.3) is 5.91 Å². The quantitative estimate of drug-likeness (QED) is 0.552. The number of anilines is 1. The number of benzene rings is 2. The smallest absolute Gasteiger partial charge is 0.253 e. The Morgan fingerprint density at radius 1 is 0.909 bits per heavy atom. The van der Waals surface area contributed by atoms with Crippen molar-refractivity contribution in [1.29, 1.82) is 0 Å². The van der Waals surface area contributed by atoms with Crippen LogP contribution < -0.4 is 10.6 Å². The van der Waals surface area contributed by atoms with E-state index in [0.717, 1.165) is 13.1 Å². The van der Waals surface area contributed by atoms with Crippen LogP contribution in [0.5, 0.6) is 0 Å². The van der Waals surface area contributed by atoms with E-state index in [1.807, 2.05) is 6.07 Å². The number of furan rings is 1. The van der Waals surface area contributed by atoms with Gasteiger partial charge in [-0.2, -0.15) is 0 Å². The van der Waals surface area contributed by atoms with E-state index in [1.165, 1.54) is 6.07 Å². The van der Waals surface area contributed by atoms with Crippen molar-refractivity contribution in [3.8, 4) is 0 Å². The van der Waals surface area contributed by atoms with Gasteiger partial charge in [0.15, 0.2) is 0 Å². The fourth-order valence-corrected chi connectivity index (χ4v) is 3.83. The third-order valence-electron chi connectivity index (χ3n) is 5.63. The van der Waals surface area contributed by atoms with Crippen molar-refractivity contribution in [2.45, 2.75) is 13.1 Å². The topological polar surface area (TPSA) is 77.8 Å². The molecule has 0 spiro atoms. The molecule has 4 rings (SSSR count). The number of amides is 2. The van der Waals surface area contributed by atoms with Gasteiger partial charge in [-0.25, -0.2) is 4.39 Å². The van der Waals surface area contributed by atoms with Crippen LogP contribution in [0.3, 0.4) is 0 Å². The molecule has 2 amide bonds. The standard InChI is InChI=1S/C25H27FN4O3/c26-22-9-3-1-6-19(22)17-29-11-13-30(14-12-29)18-24(31)28-23-10-4-2-8-21(23)25(32)27-16-20-7-5-15-33-20/h1-10,15H,11-14,16-18H2,(H,27,32)(H,28,31). The number of rotatable bonds is 8. The molecule has 0 radical (unpaired) electrons. The zero-order chi connectivity index (χ0) is 23.0. The average molecular weight is 451 g/mol. The highest BCUT2D eigenvalue weighted by Crippen LogP contribution is 2.16. The molecule has 0 atom stereocenters. The summed E-state index contributed by atoms with van der Waals surface area (Å²) in [6, 6.07) is 17.3. The van der Waals surface area contributed by atoms with Crippen molar-refractivity contribution in [3.63, 3.8) is 0 Å². The lowest BCUT2D eigenvalue weighted by Gasteiger charge is -2.34. The van der Waals surface area contributed by atoms with Crippen LogP contribution in [0.25, 0.3) is 0 Å². The maximum atomic E-state index is 13.9. The molecule has 2 heterocycles. The lowest BCUT2D eigenvalue weighted by molar-refractivity contribution is -0.117. The molecule has 172 valence electrons. The Labute approximate surface area is 192 Å². The maximum Gasteiger partial charge on any atom is 0.253 e. The second-order valence-corrected chi connectivity index (χ2v) is 8.00. The molecule has 3 aromatic rings. The van der Waals surface area contributed by atoms with Crippen LogP contribution in [0.4, 0.5) is 10.1 Å². The summed E-state index contributed by atoms with van der Waals surface area (Å²) in [7, 11) is 0. The number of hydrogen-bond acceptors (Lipinski definition) is 5. The number of para-hydroxylation sites is 1. The zero-order valence-electron chi connectivity index (χ0n) is 18.3. The molecule has 1 fully saturated rings.